The van der Waals surface area contributed by atoms with Gasteiger partial charge in [-0.25, -0.2) is 0 Å². The second-order valence-electron chi connectivity index (χ2n) is 5.98. The van der Waals surface area contributed by atoms with Gasteiger partial charge in [0.15, 0.2) is 0 Å². The van der Waals surface area contributed by atoms with E-state index < -0.39 is 0 Å². The zero-order valence-electron chi connectivity index (χ0n) is 18.5. The minimum absolute atomic E-state index is 0. The molecule has 2 rings (SSSR count). The number of allylic oxidation sites excluding steroid dienone is 14. The lowest BCUT2D eigenvalue weighted by molar-refractivity contribution is 0.647. The third-order valence-corrected chi connectivity index (χ3v) is 4.49. The van der Waals surface area contributed by atoms with Gasteiger partial charge < -0.3 is 0 Å². The predicted molar refractivity (Wildman–Crippen MR) is 133 cm³/mol. The van der Waals surface area contributed by atoms with Crippen LogP contribution >= 0.6 is 0 Å². The molecular weight excluding hydrogens is 336 g/mol. The molecular formula is C28H44. The Balaban J connectivity index is 0. The van der Waals surface area contributed by atoms with Crippen molar-refractivity contribution in [1.29, 1.82) is 0 Å². The van der Waals surface area contributed by atoms with Crippen molar-refractivity contribution in [2.24, 2.45) is 5.92 Å². The molecule has 0 aliphatic heterocycles. The Kier molecular flexibility index (Phi) is 17.1. The summed E-state index contributed by atoms with van der Waals surface area (Å²) in [6.45, 7) is 20.4. The third-order valence-electron chi connectivity index (χ3n) is 4.49. The van der Waals surface area contributed by atoms with Crippen LogP contribution in [0.3, 0.4) is 0 Å². The van der Waals surface area contributed by atoms with Gasteiger partial charge >= 0.3 is 0 Å². The standard InChI is InChI=1S/C23H28.2C2H6.CH4/c1-5-9-15-18(13-6-2)23-19(8-4)20-16-11-10-12-17-21(20)22(23)14-7-3;2*1-2;/h5-6,8-9,11-13,16-17,22H,2,4,7,10,14-15H2,1,3H3;2*1-2H3;1H4/b9-5-,18-13-;;;. The van der Waals surface area contributed by atoms with Crippen LogP contribution in [0.5, 0.6) is 0 Å². The second-order valence-corrected chi connectivity index (χ2v) is 5.98. The summed E-state index contributed by atoms with van der Waals surface area (Å²) in [6, 6.07) is 0. The van der Waals surface area contributed by atoms with E-state index in [0.29, 0.717) is 5.92 Å². The highest BCUT2D eigenvalue weighted by Gasteiger charge is 2.31. The van der Waals surface area contributed by atoms with Crippen LogP contribution in [0.15, 0.2) is 95.7 Å². The smallest absolute Gasteiger partial charge is 0.0104 e. The highest BCUT2D eigenvalue weighted by atomic mass is 14.3. The van der Waals surface area contributed by atoms with Crippen LogP contribution in [-0.2, 0) is 0 Å². The Labute approximate surface area is 176 Å². The summed E-state index contributed by atoms with van der Waals surface area (Å²) in [5, 5.41) is 0. The molecule has 0 aromatic heterocycles. The van der Waals surface area contributed by atoms with Crippen molar-refractivity contribution in [1.82, 2.24) is 0 Å². The van der Waals surface area contributed by atoms with Crippen molar-refractivity contribution in [2.45, 2.75) is 74.7 Å². The fourth-order valence-electron chi connectivity index (χ4n) is 3.54. The summed E-state index contributed by atoms with van der Waals surface area (Å²) in [4.78, 5) is 0. The molecule has 156 valence electrons. The Morgan fingerprint density at radius 1 is 1.11 bits per heavy atom. The minimum Gasteiger partial charge on any atom is -0.0991 e. The van der Waals surface area contributed by atoms with Gasteiger partial charge in [-0.05, 0) is 54.1 Å². The molecule has 0 saturated carbocycles. The van der Waals surface area contributed by atoms with E-state index in [1.165, 1.54) is 40.7 Å². The van der Waals surface area contributed by atoms with Crippen LogP contribution in [0.1, 0.15) is 74.7 Å². The monoisotopic (exact) mass is 380 g/mol. The summed E-state index contributed by atoms with van der Waals surface area (Å²) >= 11 is 0. The van der Waals surface area contributed by atoms with Gasteiger partial charge in [0.05, 0.1) is 0 Å². The zero-order valence-corrected chi connectivity index (χ0v) is 18.5. The zero-order chi connectivity index (χ0) is 20.7. The van der Waals surface area contributed by atoms with E-state index in [0.717, 1.165) is 12.8 Å². The van der Waals surface area contributed by atoms with Crippen molar-refractivity contribution >= 4 is 0 Å². The van der Waals surface area contributed by atoms with Crippen molar-refractivity contribution in [3.8, 4) is 0 Å². The quantitative estimate of drug-likeness (QED) is 0.304. The fourth-order valence-corrected chi connectivity index (χ4v) is 3.54. The molecule has 0 bridgehead atoms. The molecule has 0 heteroatoms. The fraction of sp³-hybridized carbons (Fsp3) is 0.429. The average molecular weight is 381 g/mol. The highest BCUT2D eigenvalue weighted by Crippen LogP contribution is 2.46. The SMILES string of the molecule is C.C=C/C=C(/C/C=C\C)C1=C(C=C)C2=C(C=CCC=C2)C1CCC.CC.CC. The maximum atomic E-state index is 4.11. The van der Waals surface area contributed by atoms with Crippen molar-refractivity contribution in [2.75, 3.05) is 0 Å². The van der Waals surface area contributed by atoms with E-state index in [4.69, 9.17) is 0 Å². The number of hydrogen-bond acceptors (Lipinski definition) is 0. The van der Waals surface area contributed by atoms with Gasteiger partial charge in [0.1, 0.15) is 0 Å². The summed E-state index contributed by atoms with van der Waals surface area (Å²) in [5.41, 5.74) is 6.93. The van der Waals surface area contributed by atoms with Crippen LogP contribution in [-0.4, -0.2) is 0 Å². The average Bonchev–Trinajstić information content (AvgIpc) is 2.86. The molecule has 0 N–H and O–H groups in total. The van der Waals surface area contributed by atoms with Gasteiger partial charge in [-0.15, -0.1) is 0 Å². The van der Waals surface area contributed by atoms with Crippen LogP contribution in [0.25, 0.3) is 0 Å². The summed E-state index contributed by atoms with van der Waals surface area (Å²) < 4.78 is 0. The van der Waals surface area contributed by atoms with Gasteiger partial charge in [-0.2, -0.15) is 0 Å². The van der Waals surface area contributed by atoms with Crippen LogP contribution < -0.4 is 0 Å². The van der Waals surface area contributed by atoms with E-state index in [9.17, 15) is 0 Å². The van der Waals surface area contributed by atoms with Crippen LogP contribution in [0, 0.1) is 5.92 Å². The molecule has 0 radical (unpaired) electrons. The molecule has 0 amide bonds. The van der Waals surface area contributed by atoms with Crippen LogP contribution in [0.2, 0.25) is 0 Å². The molecule has 0 heterocycles. The first-order valence-corrected chi connectivity index (χ1v) is 10.7. The first-order valence-electron chi connectivity index (χ1n) is 10.7. The highest BCUT2D eigenvalue weighted by molar-refractivity contribution is 5.67. The molecule has 0 nitrogen and oxygen atoms in total. The van der Waals surface area contributed by atoms with Gasteiger partial charge in [-0.3, -0.25) is 0 Å². The summed E-state index contributed by atoms with van der Waals surface area (Å²) in [6.07, 6.45) is 23.9. The first-order chi connectivity index (χ1) is 13.3. The van der Waals surface area contributed by atoms with Gasteiger partial charge in [0.2, 0.25) is 0 Å². The first kappa shape index (κ1) is 28.1. The Hall–Kier alpha value is -2.08. The summed E-state index contributed by atoms with van der Waals surface area (Å²) in [7, 11) is 0. The molecule has 0 fully saturated rings. The largest absolute Gasteiger partial charge is 0.0991 e. The van der Waals surface area contributed by atoms with Crippen molar-refractivity contribution in [3.05, 3.63) is 95.7 Å². The van der Waals surface area contributed by atoms with Gasteiger partial charge in [0.25, 0.3) is 0 Å². The predicted octanol–water partition coefficient (Wildman–Crippen LogP) is 9.48. The number of hydrogen-bond donors (Lipinski definition) is 0. The molecule has 0 aromatic rings. The van der Waals surface area contributed by atoms with Crippen molar-refractivity contribution in [3.63, 3.8) is 0 Å². The molecule has 2 aliphatic carbocycles. The molecule has 1 unspecified atom stereocenters. The molecule has 0 saturated heterocycles. The Morgan fingerprint density at radius 3 is 2.29 bits per heavy atom. The minimum atomic E-state index is 0. The maximum absolute atomic E-state index is 4.11. The molecule has 1 atom stereocenters. The second kappa shape index (κ2) is 17.0. The van der Waals surface area contributed by atoms with E-state index in [1.54, 1.807) is 0 Å². The lowest BCUT2D eigenvalue weighted by atomic mass is 9.84. The normalized spacial score (nSPS) is 17.8. The van der Waals surface area contributed by atoms with E-state index in [2.05, 4.69) is 69.5 Å². The molecule has 0 spiro atoms. The van der Waals surface area contributed by atoms with E-state index >= 15 is 0 Å². The summed E-state index contributed by atoms with van der Waals surface area (Å²) in [5.74, 6) is 0.471. The van der Waals surface area contributed by atoms with Gasteiger partial charge in [0, 0.05) is 5.92 Å². The van der Waals surface area contributed by atoms with Crippen LogP contribution in [0.4, 0.5) is 0 Å². The lowest BCUT2D eigenvalue weighted by Crippen LogP contribution is -2.06. The van der Waals surface area contributed by atoms with E-state index in [-0.39, 0.29) is 7.43 Å². The Bertz CT molecular complexity index is 642. The Morgan fingerprint density at radius 2 is 1.75 bits per heavy atom. The molecule has 2 aliphatic rings. The lowest BCUT2D eigenvalue weighted by Gasteiger charge is -2.20. The molecule has 0 aromatic carbocycles. The third kappa shape index (κ3) is 7.15. The number of rotatable bonds is 7. The maximum Gasteiger partial charge on any atom is 0.0104 e. The molecule has 28 heavy (non-hydrogen) atoms. The van der Waals surface area contributed by atoms with Gasteiger partial charge in [-0.1, -0.05) is 116 Å². The van der Waals surface area contributed by atoms with E-state index in [1.807, 2.05) is 39.8 Å². The topological polar surface area (TPSA) is 0 Å². The van der Waals surface area contributed by atoms with Crippen molar-refractivity contribution < 1.29 is 0 Å².